The molecule has 0 aromatic heterocycles. The lowest BCUT2D eigenvalue weighted by Gasteiger charge is -2.38. The van der Waals surface area contributed by atoms with Crippen LogP contribution in [-0.2, 0) is 9.53 Å². The second-order valence-corrected chi connectivity index (χ2v) is 3.91. The van der Waals surface area contributed by atoms with E-state index in [1.165, 1.54) is 0 Å². The number of aliphatic carboxylic acids is 1. The lowest BCUT2D eigenvalue weighted by atomic mass is 9.83. The van der Waals surface area contributed by atoms with Gasteiger partial charge in [0.1, 0.15) is 0 Å². The molecule has 0 aromatic rings. The van der Waals surface area contributed by atoms with Gasteiger partial charge in [-0.15, -0.1) is 0 Å². The topological polar surface area (TPSA) is 58.6 Å². The van der Waals surface area contributed by atoms with Crippen LogP contribution in [0, 0.1) is 11.8 Å². The molecular weight excluding hydrogens is 170 g/mol. The summed E-state index contributed by atoms with van der Waals surface area (Å²) in [6, 6.07) is 0.490. The summed E-state index contributed by atoms with van der Waals surface area (Å²) in [6.07, 6.45) is 1.80. The Bertz CT molecular complexity index is 207. The Kier molecular flexibility index (Phi) is 2.51. The predicted octanol–water partition coefficient (Wildman–Crippen LogP) is 0.0856. The Balaban J connectivity index is 1.95. The van der Waals surface area contributed by atoms with Crippen LogP contribution in [0.15, 0.2) is 0 Å². The monoisotopic (exact) mass is 185 g/mol. The highest BCUT2D eigenvalue weighted by molar-refractivity contribution is 5.70. The summed E-state index contributed by atoms with van der Waals surface area (Å²) in [6.45, 7) is 2.16. The molecule has 74 valence electrons. The number of nitrogens with one attached hydrogen (secondary N) is 1. The van der Waals surface area contributed by atoms with E-state index in [4.69, 9.17) is 9.84 Å². The fourth-order valence-electron chi connectivity index (χ4n) is 2.23. The molecule has 2 N–H and O–H groups in total. The third-order valence-electron chi connectivity index (χ3n) is 3.04. The normalized spacial score (nSPS) is 39.5. The minimum absolute atomic E-state index is 0.219. The number of carboxylic acid groups (broad SMARTS) is 1. The quantitative estimate of drug-likeness (QED) is 0.607. The van der Waals surface area contributed by atoms with Crippen molar-refractivity contribution in [3.63, 3.8) is 0 Å². The van der Waals surface area contributed by atoms with Gasteiger partial charge in [0.2, 0.25) is 0 Å². The van der Waals surface area contributed by atoms with Crippen LogP contribution in [0.5, 0.6) is 0 Å². The van der Waals surface area contributed by atoms with Crippen molar-refractivity contribution in [2.24, 2.45) is 11.8 Å². The molecule has 2 heterocycles. The average Bonchev–Trinajstić information content (AvgIpc) is 2.17. The van der Waals surface area contributed by atoms with Gasteiger partial charge in [0, 0.05) is 19.2 Å². The summed E-state index contributed by atoms with van der Waals surface area (Å²) in [5, 5.41) is 12.1. The van der Waals surface area contributed by atoms with Crippen LogP contribution in [0.1, 0.15) is 12.8 Å². The molecule has 0 aromatic carbocycles. The summed E-state index contributed by atoms with van der Waals surface area (Å²) in [4.78, 5) is 10.7. The van der Waals surface area contributed by atoms with Crippen molar-refractivity contribution in [3.8, 4) is 0 Å². The van der Waals surface area contributed by atoms with Gasteiger partial charge in [-0.25, -0.2) is 0 Å². The summed E-state index contributed by atoms with van der Waals surface area (Å²) >= 11 is 0. The molecule has 0 spiro atoms. The highest BCUT2D eigenvalue weighted by Crippen LogP contribution is 2.26. The van der Waals surface area contributed by atoms with Crippen LogP contribution in [0.3, 0.4) is 0 Å². The molecule has 13 heavy (non-hydrogen) atoms. The highest BCUT2D eigenvalue weighted by Gasteiger charge is 2.35. The number of fused-ring (bicyclic) bond motifs is 1. The number of carboxylic acids is 1. The van der Waals surface area contributed by atoms with Gasteiger partial charge in [-0.05, 0) is 18.8 Å². The third kappa shape index (κ3) is 1.84. The molecule has 4 nitrogen and oxygen atoms in total. The van der Waals surface area contributed by atoms with Crippen LogP contribution in [0.25, 0.3) is 0 Å². The van der Waals surface area contributed by atoms with Crippen molar-refractivity contribution in [1.82, 2.24) is 5.32 Å². The van der Waals surface area contributed by atoms with Crippen LogP contribution in [0.4, 0.5) is 0 Å². The Hall–Kier alpha value is -0.610. The smallest absolute Gasteiger partial charge is 0.307 e. The molecule has 0 aliphatic carbocycles. The Morgan fingerprint density at radius 1 is 1.54 bits per heavy atom. The number of carbonyl (C=O) groups is 1. The van der Waals surface area contributed by atoms with E-state index < -0.39 is 5.97 Å². The molecule has 3 atom stereocenters. The molecule has 2 aliphatic rings. The fourth-order valence-corrected chi connectivity index (χ4v) is 2.23. The molecule has 0 radical (unpaired) electrons. The largest absolute Gasteiger partial charge is 0.481 e. The molecule has 2 fully saturated rings. The number of rotatable bonds is 1. The van der Waals surface area contributed by atoms with E-state index in [0.717, 1.165) is 26.1 Å². The molecular formula is C9H15NO3. The van der Waals surface area contributed by atoms with Gasteiger partial charge in [0.15, 0.2) is 0 Å². The first-order valence-electron chi connectivity index (χ1n) is 4.81. The zero-order valence-corrected chi connectivity index (χ0v) is 7.53. The molecule has 0 amide bonds. The zero-order valence-electron chi connectivity index (χ0n) is 7.53. The van der Waals surface area contributed by atoms with E-state index in [0.29, 0.717) is 18.5 Å². The minimum Gasteiger partial charge on any atom is -0.481 e. The van der Waals surface area contributed by atoms with E-state index >= 15 is 0 Å². The lowest BCUT2D eigenvalue weighted by molar-refractivity contribution is -0.144. The molecule has 0 saturated carbocycles. The highest BCUT2D eigenvalue weighted by atomic mass is 16.5. The second kappa shape index (κ2) is 3.64. The number of ether oxygens (including phenoxy) is 1. The molecule has 1 unspecified atom stereocenters. The second-order valence-electron chi connectivity index (χ2n) is 3.91. The summed E-state index contributed by atoms with van der Waals surface area (Å²) < 4.78 is 5.33. The van der Waals surface area contributed by atoms with E-state index in [-0.39, 0.29) is 5.92 Å². The first-order valence-corrected chi connectivity index (χ1v) is 4.81. The predicted molar refractivity (Wildman–Crippen MR) is 46.5 cm³/mol. The summed E-state index contributed by atoms with van der Waals surface area (Å²) in [7, 11) is 0. The Morgan fingerprint density at radius 2 is 2.38 bits per heavy atom. The van der Waals surface area contributed by atoms with Gasteiger partial charge in [-0.2, -0.15) is 0 Å². The molecule has 2 saturated heterocycles. The number of hydrogen-bond acceptors (Lipinski definition) is 3. The van der Waals surface area contributed by atoms with E-state index in [1.54, 1.807) is 0 Å². The SMILES string of the molecule is O=C(O)C1CN[C@H]2CCOC[C@H]2C1. The van der Waals surface area contributed by atoms with E-state index in [9.17, 15) is 4.79 Å². The molecule has 0 bridgehead atoms. The molecule has 2 rings (SSSR count). The number of piperidine rings is 1. The standard InChI is InChI=1S/C9H15NO3/c11-9(12)6-3-7-5-13-2-1-8(7)10-4-6/h6-8,10H,1-5H2,(H,11,12)/t6?,7-,8+/m1/s1. The van der Waals surface area contributed by atoms with E-state index in [2.05, 4.69) is 5.32 Å². The Labute approximate surface area is 77.3 Å². The first kappa shape index (κ1) is 8.97. The first-order chi connectivity index (χ1) is 6.27. The van der Waals surface area contributed by atoms with Gasteiger partial charge in [-0.1, -0.05) is 0 Å². The van der Waals surface area contributed by atoms with Crippen LogP contribution < -0.4 is 5.32 Å². The van der Waals surface area contributed by atoms with Crippen molar-refractivity contribution < 1.29 is 14.6 Å². The minimum atomic E-state index is -0.684. The maximum atomic E-state index is 10.7. The lowest BCUT2D eigenvalue weighted by Crippen LogP contribution is -2.51. The van der Waals surface area contributed by atoms with Crippen LogP contribution in [0.2, 0.25) is 0 Å². The van der Waals surface area contributed by atoms with Gasteiger partial charge in [-0.3, -0.25) is 4.79 Å². The van der Waals surface area contributed by atoms with Crippen molar-refractivity contribution >= 4 is 5.97 Å². The van der Waals surface area contributed by atoms with Crippen LogP contribution in [-0.4, -0.2) is 36.9 Å². The van der Waals surface area contributed by atoms with Gasteiger partial charge in [0.25, 0.3) is 0 Å². The number of hydrogen-bond donors (Lipinski definition) is 2. The van der Waals surface area contributed by atoms with Crippen molar-refractivity contribution in [2.75, 3.05) is 19.8 Å². The zero-order chi connectivity index (χ0) is 9.26. The fraction of sp³-hybridized carbons (Fsp3) is 0.889. The third-order valence-corrected chi connectivity index (χ3v) is 3.04. The van der Waals surface area contributed by atoms with Gasteiger partial charge >= 0.3 is 5.97 Å². The average molecular weight is 185 g/mol. The van der Waals surface area contributed by atoms with Crippen LogP contribution >= 0.6 is 0 Å². The summed E-state index contributed by atoms with van der Waals surface area (Å²) in [5.41, 5.74) is 0. The van der Waals surface area contributed by atoms with Gasteiger partial charge in [0.05, 0.1) is 12.5 Å². The maximum absolute atomic E-state index is 10.7. The van der Waals surface area contributed by atoms with Gasteiger partial charge < -0.3 is 15.2 Å². The van der Waals surface area contributed by atoms with E-state index in [1.807, 2.05) is 0 Å². The summed E-state index contributed by atoms with van der Waals surface area (Å²) in [5.74, 6) is -0.497. The van der Waals surface area contributed by atoms with Crippen molar-refractivity contribution in [2.45, 2.75) is 18.9 Å². The molecule has 2 aliphatic heterocycles. The van der Waals surface area contributed by atoms with Crippen molar-refractivity contribution in [1.29, 1.82) is 0 Å². The molecule has 4 heteroatoms. The van der Waals surface area contributed by atoms with Crippen molar-refractivity contribution in [3.05, 3.63) is 0 Å². The maximum Gasteiger partial charge on any atom is 0.307 e. The Morgan fingerprint density at radius 3 is 3.15 bits per heavy atom.